The molecular weight excluding hydrogens is 370 g/mol. The van der Waals surface area contributed by atoms with Gasteiger partial charge in [0.25, 0.3) is 17.4 Å². The van der Waals surface area contributed by atoms with Gasteiger partial charge in [0.15, 0.2) is 0 Å². The number of aromatic nitrogens is 3. The minimum Gasteiger partial charge on any atom is -0.328 e. The lowest BCUT2D eigenvalue weighted by Gasteiger charge is -2.11. The highest BCUT2D eigenvalue weighted by molar-refractivity contribution is 6.08. The standard InChI is InChI=1S/C21H15N5O3/c27-19-15(7-4-10-23-19)20(28)25-26-21(29)16-11-18(13-5-3-9-22-12-13)24-17-8-2-1-6-14(16)17/h1-12H,(H,23,27)(H,25,28)(H,26,29). The largest absolute Gasteiger partial charge is 0.328 e. The van der Waals surface area contributed by atoms with Crippen molar-refractivity contribution in [3.63, 3.8) is 0 Å². The molecule has 0 unspecified atom stereocenters. The van der Waals surface area contributed by atoms with Gasteiger partial charge in [0.05, 0.1) is 16.8 Å². The summed E-state index contributed by atoms with van der Waals surface area (Å²) in [6, 6.07) is 15.3. The van der Waals surface area contributed by atoms with Crippen LogP contribution >= 0.6 is 0 Å². The lowest BCUT2D eigenvalue weighted by Crippen LogP contribution is -2.43. The summed E-state index contributed by atoms with van der Waals surface area (Å²) in [6.07, 6.45) is 4.72. The number of nitrogens with one attached hydrogen (secondary N) is 3. The number of carbonyl (C=O) groups is 2. The monoisotopic (exact) mass is 385 g/mol. The number of H-pyrrole nitrogens is 1. The van der Waals surface area contributed by atoms with Crippen molar-refractivity contribution in [2.24, 2.45) is 0 Å². The van der Waals surface area contributed by atoms with Crippen molar-refractivity contribution >= 4 is 22.7 Å². The third kappa shape index (κ3) is 3.72. The van der Waals surface area contributed by atoms with E-state index < -0.39 is 17.4 Å². The molecular formula is C21H15N5O3. The van der Waals surface area contributed by atoms with E-state index in [9.17, 15) is 14.4 Å². The van der Waals surface area contributed by atoms with E-state index in [0.717, 1.165) is 5.56 Å². The van der Waals surface area contributed by atoms with Crippen LogP contribution in [0.2, 0.25) is 0 Å². The van der Waals surface area contributed by atoms with Gasteiger partial charge in [-0.2, -0.15) is 0 Å². The van der Waals surface area contributed by atoms with Gasteiger partial charge in [0.1, 0.15) is 5.56 Å². The molecule has 3 aromatic heterocycles. The third-order valence-electron chi connectivity index (χ3n) is 4.27. The van der Waals surface area contributed by atoms with Gasteiger partial charge >= 0.3 is 0 Å². The quantitative estimate of drug-likeness (QED) is 0.467. The number of fused-ring (bicyclic) bond motifs is 1. The third-order valence-corrected chi connectivity index (χ3v) is 4.27. The Morgan fingerprint density at radius 2 is 1.69 bits per heavy atom. The van der Waals surface area contributed by atoms with E-state index in [0.29, 0.717) is 22.2 Å². The molecule has 0 aliphatic carbocycles. The SMILES string of the molecule is O=C(NNC(=O)c1cc(-c2cccnc2)nc2ccccc12)c1ccc[nH]c1=O. The molecule has 3 heterocycles. The van der Waals surface area contributed by atoms with Gasteiger partial charge < -0.3 is 4.98 Å². The Kier molecular flexibility index (Phi) is 4.81. The second-order valence-electron chi connectivity index (χ2n) is 6.14. The molecule has 1 aromatic carbocycles. The van der Waals surface area contributed by atoms with E-state index in [1.165, 1.54) is 18.3 Å². The van der Waals surface area contributed by atoms with Crippen molar-refractivity contribution < 1.29 is 9.59 Å². The highest BCUT2D eigenvalue weighted by atomic mass is 16.2. The predicted octanol–water partition coefficient (Wildman–Crippen LogP) is 2.06. The van der Waals surface area contributed by atoms with Crippen molar-refractivity contribution in [3.05, 3.63) is 94.7 Å². The summed E-state index contributed by atoms with van der Waals surface area (Å²) >= 11 is 0. The minimum absolute atomic E-state index is 0.108. The van der Waals surface area contributed by atoms with Crippen LogP contribution in [0.1, 0.15) is 20.7 Å². The molecule has 0 spiro atoms. The summed E-state index contributed by atoms with van der Waals surface area (Å²) in [7, 11) is 0. The average molecular weight is 385 g/mol. The Morgan fingerprint density at radius 3 is 2.45 bits per heavy atom. The number of aromatic amines is 1. The normalized spacial score (nSPS) is 10.5. The predicted molar refractivity (Wildman–Crippen MR) is 107 cm³/mol. The van der Waals surface area contributed by atoms with Gasteiger partial charge in [-0.05, 0) is 36.4 Å². The highest BCUT2D eigenvalue weighted by Gasteiger charge is 2.16. The summed E-state index contributed by atoms with van der Waals surface area (Å²) in [5, 5.41) is 0.629. The number of hydrogen-bond donors (Lipinski definition) is 3. The Balaban J connectivity index is 1.66. The van der Waals surface area contributed by atoms with E-state index in [2.05, 4.69) is 25.8 Å². The molecule has 0 atom stereocenters. The lowest BCUT2D eigenvalue weighted by atomic mass is 10.0. The van der Waals surface area contributed by atoms with E-state index in [4.69, 9.17) is 0 Å². The number of carbonyl (C=O) groups excluding carboxylic acids is 2. The fourth-order valence-electron chi connectivity index (χ4n) is 2.87. The summed E-state index contributed by atoms with van der Waals surface area (Å²) in [5.41, 5.74) is 6.27. The van der Waals surface area contributed by atoms with Crippen LogP contribution in [0.5, 0.6) is 0 Å². The van der Waals surface area contributed by atoms with E-state index in [1.807, 2.05) is 12.1 Å². The first-order chi connectivity index (χ1) is 14.1. The Labute approximate surface area is 164 Å². The number of nitrogens with zero attached hydrogens (tertiary/aromatic N) is 2. The van der Waals surface area contributed by atoms with Crippen LogP contribution in [0.4, 0.5) is 0 Å². The van der Waals surface area contributed by atoms with Crippen LogP contribution in [-0.2, 0) is 0 Å². The number of pyridine rings is 3. The van der Waals surface area contributed by atoms with Gasteiger partial charge in [-0.15, -0.1) is 0 Å². The van der Waals surface area contributed by atoms with Crippen molar-refractivity contribution in [1.29, 1.82) is 0 Å². The zero-order chi connectivity index (χ0) is 20.2. The Hall–Kier alpha value is -4.33. The van der Waals surface area contributed by atoms with Crippen LogP contribution in [-0.4, -0.2) is 26.8 Å². The van der Waals surface area contributed by atoms with Gasteiger partial charge in [0.2, 0.25) is 0 Å². The van der Waals surface area contributed by atoms with Crippen molar-refractivity contribution in [2.75, 3.05) is 0 Å². The Morgan fingerprint density at radius 1 is 0.897 bits per heavy atom. The smallest absolute Gasteiger partial charge is 0.275 e. The maximum Gasteiger partial charge on any atom is 0.275 e. The first-order valence-electron chi connectivity index (χ1n) is 8.72. The fourth-order valence-corrected chi connectivity index (χ4v) is 2.87. The number of benzene rings is 1. The molecule has 8 heteroatoms. The van der Waals surface area contributed by atoms with Crippen LogP contribution in [0.15, 0.2) is 78.0 Å². The molecule has 4 aromatic rings. The molecule has 142 valence electrons. The number of rotatable bonds is 3. The van der Waals surface area contributed by atoms with Crippen molar-refractivity contribution in [1.82, 2.24) is 25.8 Å². The molecule has 0 radical (unpaired) electrons. The molecule has 0 fully saturated rings. The molecule has 2 amide bonds. The maximum atomic E-state index is 12.8. The summed E-state index contributed by atoms with van der Waals surface area (Å²) in [6.45, 7) is 0. The first-order valence-corrected chi connectivity index (χ1v) is 8.72. The second kappa shape index (κ2) is 7.73. The lowest BCUT2D eigenvalue weighted by molar-refractivity contribution is 0.0846. The van der Waals surface area contributed by atoms with Gasteiger partial charge in [-0.3, -0.25) is 30.2 Å². The first kappa shape index (κ1) is 18.1. The summed E-state index contributed by atoms with van der Waals surface area (Å²) < 4.78 is 0. The van der Waals surface area contributed by atoms with Gasteiger partial charge in [-0.25, -0.2) is 4.98 Å². The molecule has 0 saturated carbocycles. The topological polar surface area (TPSA) is 117 Å². The highest BCUT2D eigenvalue weighted by Crippen LogP contribution is 2.24. The molecule has 29 heavy (non-hydrogen) atoms. The van der Waals surface area contributed by atoms with E-state index >= 15 is 0 Å². The van der Waals surface area contributed by atoms with Crippen LogP contribution in [0.25, 0.3) is 22.2 Å². The Bertz CT molecular complexity index is 1270. The van der Waals surface area contributed by atoms with Crippen LogP contribution in [0.3, 0.4) is 0 Å². The molecule has 0 aliphatic heterocycles. The molecule has 3 N–H and O–H groups in total. The second-order valence-corrected chi connectivity index (χ2v) is 6.14. The molecule has 0 bridgehead atoms. The van der Waals surface area contributed by atoms with Crippen molar-refractivity contribution in [3.8, 4) is 11.3 Å². The van der Waals surface area contributed by atoms with Gasteiger partial charge in [0, 0.05) is 29.5 Å². The number of hydrazine groups is 1. The molecule has 0 aliphatic rings. The fraction of sp³-hybridized carbons (Fsp3) is 0. The summed E-state index contributed by atoms with van der Waals surface area (Å²) in [5.74, 6) is -1.25. The average Bonchev–Trinajstić information content (AvgIpc) is 2.77. The zero-order valence-corrected chi connectivity index (χ0v) is 15.0. The van der Waals surface area contributed by atoms with Crippen LogP contribution < -0.4 is 16.4 Å². The van der Waals surface area contributed by atoms with Crippen molar-refractivity contribution in [2.45, 2.75) is 0 Å². The maximum absolute atomic E-state index is 12.8. The van der Waals surface area contributed by atoms with Gasteiger partial charge in [-0.1, -0.05) is 18.2 Å². The molecule has 4 rings (SSSR count). The zero-order valence-electron chi connectivity index (χ0n) is 15.0. The van der Waals surface area contributed by atoms with E-state index in [1.54, 1.807) is 42.7 Å². The number of hydrogen-bond acceptors (Lipinski definition) is 5. The van der Waals surface area contributed by atoms with E-state index in [-0.39, 0.29) is 5.56 Å². The summed E-state index contributed by atoms with van der Waals surface area (Å²) in [4.78, 5) is 47.8. The minimum atomic E-state index is -0.717. The molecule has 8 nitrogen and oxygen atoms in total. The van der Waals surface area contributed by atoms with Crippen LogP contribution in [0, 0.1) is 0 Å². The number of amides is 2. The molecule has 0 saturated heterocycles. The number of para-hydroxylation sites is 1.